The smallest absolute Gasteiger partial charge is 0.226 e. The molecule has 20 heavy (non-hydrogen) atoms. The van der Waals surface area contributed by atoms with Gasteiger partial charge in [0.25, 0.3) is 0 Å². The summed E-state index contributed by atoms with van der Waals surface area (Å²) in [4.78, 5) is 13.6. The second-order valence-electron chi connectivity index (χ2n) is 5.41. The van der Waals surface area contributed by atoms with Crippen molar-refractivity contribution >= 4 is 22.8 Å². The van der Waals surface area contributed by atoms with Gasteiger partial charge in [-0.15, -0.1) is 0 Å². The van der Waals surface area contributed by atoms with E-state index in [0.717, 1.165) is 23.4 Å². The number of rotatable bonds is 4. The lowest BCUT2D eigenvalue weighted by molar-refractivity contribution is 0.314. The molecule has 0 aromatic carbocycles. The van der Waals surface area contributed by atoms with Crippen molar-refractivity contribution < 1.29 is 0 Å². The van der Waals surface area contributed by atoms with Crippen LogP contribution in [0.2, 0.25) is 0 Å². The van der Waals surface area contributed by atoms with E-state index in [1.165, 1.54) is 19.4 Å². The number of H-pyrrole nitrogens is 1. The molecule has 0 bridgehead atoms. The third-order valence-electron chi connectivity index (χ3n) is 4.03. The van der Waals surface area contributed by atoms with E-state index >= 15 is 0 Å². The first-order valence-electron chi connectivity index (χ1n) is 6.99. The molecule has 0 aliphatic carbocycles. The van der Waals surface area contributed by atoms with E-state index in [4.69, 9.17) is 0 Å². The lowest BCUT2D eigenvalue weighted by Gasteiger charge is -2.27. The van der Waals surface area contributed by atoms with Crippen LogP contribution in [-0.2, 0) is 0 Å². The van der Waals surface area contributed by atoms with E-state index in [2.05, 4.69) is 49.4 Å². The van der Waals surface area contributed by atoms with Crippen molar-refractivity contribution in [2.24, 2.45) is 0 Å². The van der Waals surface area contributed by atoms with Crippen LogP contribution in [0.25, 0.3) is 11.0 Å². The van der Waals surface area contributed by atoms with E-state index < -0.39 is 0 Å². The largest absolute Gasteiger partial charge is 0.357 e. The van der Waals surface area contributed by atoms with Crippen LogP contribution >= 0.6 is 0 Å². The highest BCUT2D eigenvalue weighted by atomic mass is 15.3. The normalized spacial score (nSPS) is 19.6. The molecule has 3 rings (SSSR count). The summed E-state index contributed by atoms with van der Waals surface area (Å²) in [6.07, 6.45) is 4.32. The van der Waals surface area contributed by atoms with Gasteiger partial charge in [-0.1, -0.05) is 0 Å². The molecule has 7 nitrogen and oxygen atoms in total. The summed E-state index contributed by atoms with van der Waals surface area (Å²) in [5.41, 5.74) is 0.769. The zero-order valence-corrected chi connectivity index (χ0v) is 12.2. The molecule has 1 saturated heterocycles. The molecule has 1 aliphatic rings. The zero-order valence-electron chi connectivity index (χ0n) is 12.2. The highest BCUT2D eigenvalue weighted by Gasteiger charge is 2.23. The Labute approximate surface area is 118 Å². The van der Waals surface area contributed by atoms with Crippen LogP contribution in [0.1, 0.15) is 12.8 Å². The molecule has 0 saturated carbocycles. The monoisotopic (exact) mass is 275 g/mol. The fourth-order valence-corrected chi connectivity index (χ4v) is 2.83. The molecule has 3 heterocycles. The summed E-state index contributed by atoms with van der Waals surface area (Å²) in [7, 11) is 6.10. The van der Waals surface area contributed by atoms with Gasteiger partial charge in [0, 0.05) is 26.7 Å². The summed E-state index contributed by atoms with van der Waals surface area (Å²) in [5.74, 6) is 1.54. The summed E-state index contributed by atoms with van der Waals surface area (Å²) < 4.78 is 0. The lowest BCUT2D eigenvalue weighted by atomic mass is 10.2. The first-order chi connectivity index (χ1) is 9.69. The molecule has 2 aromatic rings. The summed E-state index contributed by atoms with van der Waals surface area (Å²) in [6, 6.07) is 0.593. The van der Waals surface area contributed by atoms with Crippen LogP contribution in [0.15, 0.2) is 6.20 Å². The Kier molecular flexibility index (Phi) is 3.43. The second kappa shape index (κ2) is 5.24. The summed E-state index contributed by atoms with van der Waals surface area (Å²) in [6.45, 7) is 2.15. The first kappa shape index (κ1) is 13.1. The molecule has 0 radical (unpaired) electrons. The second-order valence-corrected chi connectivity index (χ2v) is 5.41. The third kappa shape index (κ3) is 2.29. The van der Waals surface area contributed by atoms with Gasteiger partial charge in [-0.25, -0.2) is 0 Å². The van der Waals surface area contributed by atoms with Crippen molar-refractivity contribution in [3.8, 4) is 0 Å². The highest BCUT2D eigenvalue weighted by molar-refractivity contribution is 5.87. The van der Waals surface area contributed by atoms with Gasteiger partial charge < -0.3 is 15.1 Å². The van der Waals surface area contributed by atoms with E-state index in [9.17, 15) is 0 Å². The number of anilines is 2. The predicted molar refractivity (Wildman–Crippen MR) is 80.2 cm³/mol. The number of hydrogen-bond donors (Lipinski definition) is 2. The number of likely N-dealkylation sites (tertiary alicyclic amines) is 1. The molecule has 1 unspecified atom stereocenters. The molecule has 0 spiro atoms. The van der Waals surface area contributed by atoms with Gasteiger partial charge in [-0.05, 0) is 26.4 Å². The van der Waals surface area contributed by atoms with Crippen molar-refractivity contribution in [3.05, 3.63) is 6.20 Å². The van der Waals surface area contributed by atoms with Gasteiger partial charge in [0.1, 0.15) is 5.82 Å². The highest BCUT2D eigenvalue weighted by Crippen LogP contribution is 2.24. The standard InChI is InChI=1S/C13H21N7/c1-14-13-16-11-10(7-15-18-11)12(17-13)20(3)8-9-5-4-6-19(9)2/h7,9H,4-6,8H2,1-3H3,(H2,14,15,16,17,18). The fourth-order valence-electron chi connectivity index (χ4n) is 2.83. The van der Waals surface area contributed by atoms with Gasteiger partial charge >= 0.3 is 0 Å². The van der Waals surface area contributed by atoms with E-state index in [0.29, 0.717) is 12.0 Å². The van der Waals surface area contributed by atoms with Crippen LogP contribution < -0.4 is 10.2 Å². The molecule has 0 amide bonds. The van der Waals surface area contributed by atoms with Gasteiger partial charge in [0.2, 0.25) is 5.95 Å². The van der Waals surface area contributed by atoms with Crippen molar-refractivity contribution in [2.45, 2.75) is 18.9 Å². The van der Waals surface area contributed by atoms with E-state index in [-0.39, 0.29) is 0 Å². The fraction of sp³-hybridized carbons (Fsp3) is 0.615. The topological polar surface area (TPSA) is 73.0 Å². The molecule has 1 atom stereocenters. The van der Waals surface area contributed by atoms with Crippen molar-refractivity contribution in [1.29, 1.82) is 0 Å². The minimum absolute atomic E-state index is 0.593. The first-order valence-corrected chi connectivity index (χ1v) is 6.99. The number of nitrogens with zero attached hydrogens (tertiary/aromatic N) is 5. The number of likely N-dealkylation sites (N-methyl/N-ethyl adjacent to an activating group) is 2. The molecule has 108 valence electrons. The van der Waals surface area contributed by atoms with Crippen molar-refractivity contribution in [1.82, 2.24) is 25.1 Å². The minimum atomic E-state index is 0.593. The van der Waals surface area contributed by atoms with Gasteiger partial charge in [-0.2, -0.15) is 15.1 Å². The van der Waals surface area contributed by atoms with Crippen molar-refractivity contribution in [3.63, 3.8) is 0 Å². The average molecular weight is 275 g/mol. The van der Waals surface area contributed by atoms with E-state index in [1.54, 1.807) is 6.20 Å². The zero-order chi connectivity index (χ0) is 14.1. The Balaban J connectivity index is 1.89. The number of aromatic nitrogens is 4. The van der Waals surface area contributed by atoms with Gasteiger partial charge in [0.05, 0.1) is 11.6 Å². The van der Waals surface area contributed by atoms with E-state index in [1.807, 2.05) is 7.05 Å². The summed E-state index contributed by atoms with van der Waals surface area (Å²) in [5, 5.41) is 11.0. The molecule has 1 fully saturated rings. The Morgan fingerprint density at radius 2 is 2.35 bits per heavy atom. The Morgan fingerprint density at radius 3 is 3.05 bits per heavy atom. The molecule has 1 aliphatic heterocycles. The van der Waals surface area contributed by atoms with Gasteiger partial charge in [0.15, 0.2) is 5.65 Å². The maximum Gasteiger partial charge on any atom is 0.226 e. The van der Waals surface area contributed by atoms with Crippen LogP contribution in [0.5, 0.6) is 0 Å². The minimum Gasteiger partial charge on any atom is -0.357 e. The quantitative estimate of drug-likeness (QED) is 0.864. The Bertz CT molecular complexity index is 593. The number of hydrogen-bond acceptors (Lipinski definition) is 6. The lowest BCUT2D eigenvalue weighted by Crippen LogP contribution is -2.37. The van der Waals surface area contributed by atoms with Crippen LogP contribution in [0.3, 0.4) is 0 Å². The number of fused-ring (bicyclic) bond motifs is 1. The molecule has 2 N–H and O–H groups in total. The molecule has 2 aromatic heterocycles. The SMILES string of the molecule is CNc1nc(N(C)CC2CCCN2C)c2cn[nH]c2n1. The van der Waals surface area contributed by atoms with Crippen molar-refractivity contribution in [2.75, 3.05) is 44.4 Å². The van der Waals surface area contributed by atoms with Crippen LogP contribution in [0, 0.1) is 0 Å². The Hall–Kier alpha value is -1.89. The molecular weight excluding hydrogens is 254 g/mol. The predicted octanol–water partition coefficient (Wildman–Crippen LogP) is 0.925. The maximum absolute atomic E-state index is 4.58. The van der Waals surface area contributed by atoms with Gasteiger partial charge in [-0.3, -0.25) is 5.10 Å². The molecular formula is C13H21N7. The number of aromatic amines is 1. The maximum atomic E-state index is 4.58. The third-order valence-corrected chi connectivity index (χ3v) is 4.03. The average Bonchev–Trinajstić information content (AvgIpc) is 3.06. The summed E-state index contributed by atoms with van der Waals surface area (Å²) >= 11 is 0. The number of nitrogens with one attached hydrogen (secondary N) is 2. The van der Waals surface area contributed by atoms with Crippen LogP contribution in [0.4, 0.5) is 11.8 Å². The Morgan fingerprint density at radius 1 is 1.50 bits per heavy atom. The van der Waals surface area contributed by atoms with Crippen LogP contribution in [-0.4, -0.2) is 65.3 Å². The molecule has 7 heteroatoms.